The van der Waals surface area contributed by atoms with E-state index >= 15 is 0 Å². The molecule has 4 heteroatoms. The Labute approximate surface area is 192 Å². The van der Waals surface area contributed by atoms with Crippen molar-refractivity contribution >= 4 is 0 Å². The van der Waals surface area contributed by atoms with Gasteiger partial charge in [0.15, 0.2) is 0 Å². The molecule has 0 aliphatic heterocycles. The minimum atomic E-state index is 0.0549. The van der Waals surface area contributed by atoms with Gasteiger partial charge in [0.2, 0.25) is 0 Å². The van der Waals surface area contributed by atoms with E-state index in [1.807, 2.05) is 26.0 Å². The van der Waals surface area contributed by atoms with E-state index in [1.165, 1.54) is 43.2 Å². The quantitative estimate of drug-likeness (QED) is 0.271. The van der Waals surface area contributed by atoms with Crippen molar-refractivity contribution in [3.05, 3.63) is 84.3 Å². The number of hydrogen-bond acceptors (Lipinski definition) is 4. The molecule has 0 bridgehead atoms. The summed E-state index contributed by atoms with van der Waals surface area (Å²) in [7, 11) is 0. The van der Waals surface area contributed by atoms with Crippen LogP contribution in [0.15, 0.2) is 73.2 Å². The van der Waals surface area contributed by atoms with Gasteiger partial charge >= 0.3 is 0 Å². The SMILES string of the molecule is CC=COCCOc1ccc(C2(c3ccc(OCCOC=CC)cc3)CCCCC2)cc1. The summed E-state index contributed by atoms with van der Waals surface area (Å²) in [4.78, 5) is 0. The summed E-state index contributed by atoms with van der Waals surface area (Å²) in [6, 6.07) is 17.3. The Morgan fingerprint density at radius 1 is 0.625 bits per heavy atom. The van der Waals surface area contributed by atoms with Crippen LogP contribution in [0.3, 0.4) is 0 Å². The third-order valence-corrected chi connectivity index (χ3v) is 5.93. The van der Waals surface area contributed by atoms with E-state index in [4.69, 9.17) is 18.9 Å². The zero-order valence-corrected chi connectivity index (χ0v) is 19.4. The second-order valence-corrected chi connectivity index (χ2v) is 8.07. The van der Waals surface area contributed by atoms with Gasteiger partial charge in [-0.15, -0.1) is 0 Å². The lowest BCUT2D eigenvalue weighted by Gasteiger charge is -2.38. The maximum atomic E-state index is 5.82. The van der Waals surface area contributed by atoms with E-state index in [9.17, 15) is 0 Å². The first-order chi connectivity index (χ1) is 15.8. The molecule has 0 saturated heterocycles. The zero-order valence-electron chi connectivity index (χ0n) is 19.4. The molecule has 172 valence electrons. The number of hydrogen-bond donors (Lipinski definition) is 0. The zero-order chi connectivity index (χ0) is 22.5. The van der Waals surface area contributed by atoms with Crippen LogP contribution in [0.25, 0.3) is 0 Å². The first-order valence-corrected chi connectivity index (χ1v) is 11.7. The van der Waals surface area contributed by atoms with E-state index in [2.05, 4.69) is 48.5 Å². The van der Waals surface area contributed by atoms with Gasteiger partial charge in [0.25, 0.3) is 0 Å². The molecule has 0 amide bonds. The lowest BCUT2D eigenvalue weighted by Crippen LogP contribution is -2.30. The lowest BCUT2D eigenvalue weighted by molar-refractivity contribution is 0.178. The molecule has 0 heterocycles. The fourth-order valence-corrected chi connectivity index (χ4v) is 4.38. The van der Waals surface area contributed by atoms with Gasteiger partial charge in [-0.25, -0.2) is 0 Å². The van der Waals surface area contributed by atoms with Crippen LogP contribution in [-0.4, -0.2) is 26.4 Å². The number of benzene rings is 2. The Hall–Kier alpha value is -2.88. The van der Waals surface area contributed by atoms with Crippen LogP contribution in [0.2, 0.25) is 0 Å². The van der Waals surface area contributed by atoms with Gasteiger partial charge in [-0.2, -0.15) is 0 Å². The van der Waals surface area contributed by atoms with Crippen molar-refractivity contribution < 1.29 is 18.9 Å². The van der Waals surface area contributed by atoms with Gasteiger partial charge in [0.1, 0.15) is 37.9 Å². The van der Waals surface area contributed by atoms with Gasteiger partial charge in [-0.05, 0) is 62.1 Å². The normalized spacial score (nSPS) is 15.7. The van der Waals surface area contributed by atoms with Crippen LogP contribution in [0.1, 0.15) is 57.1 Å². The Morgan fingerprint density at radius 2 is 1.06 bits per heavy atom. The maximum Gasteiger partial charge on any atom is 0.122 e. The fraction of sp³-hybridized carbons (Fsp3) is 0.429. The largest absolute Gasteiger partial charge is 0.498 e. The predicted molar refractivity (Wildman–Crippen MR) is 129 cm³/mol. The smallest absolute Gasteiger partial charge is 0.122 e. The van der Waals surface area contributed by atoms with Gasteiger partial charge in [-0.1, -0.05) is 55.7 Å². The van der Waals surface area contributed by atoms with Crippen molar-refractivity contribution in [2.45, 2.75) is 51.4 Å². The Kier molecular flexibility index (Phi) is 9.55. The Morgan fingerprint density at radius 3 is 1.47 bits per heavy atom. The monoisotopic (exact) mass is 436 g/mol. The summed E-state index contributed by atoms with van der Waals surface area (Å²) in [5.41, 5.74) is 2.78. The molecule has 3 rings (SSSR count). The third kappa shape index (κ3) is 6.56. The standard InChI is InChI=1S/C28H36O4/c1-3-18-29-20-22-31-26-12-8-24(9-13-26)28(16-6-5-7-17-28)25-10-14-27(15-11-25)32-23-21-30-19-4-2/h3-4,8-15,18-19H,5-7,16-17,20-23H2,1-2H3. The van der Waals surface area contributed by atoms with Crippen molar-refractivity contribution in [3.8, 4) is 11.5 Å². The summed E-state index contributed by atoms with van der Waals surface area (Å²) >= 11 is 0. The summed E-state index contributed by atoms with van der Waals surface area (Å²) in [6.45, 7) is 6.04. The summed E-state index contributed by atoms with van der Waals surface area (Å²) in [6.07, 6.45) is 13.3. The van der Waals surface area contributed by atoms with Crippen molar-refractivity contribution in [1.29, 1.82) is 0 Å². The molecule has 1 fully saturated rings. The third-order valence-electron chi connectivity index (χ3n) is 5.93. The molecule has 1 aliphatic rings. The van der Waals surface area contributed by atoms with Crippen molar-refractivity contribution in [1.82, 2.24) is 0 Å². The molecule has 2 aromatic rings. The van der Waals surface area contributed by atoms with Crippen LogP contribution in [0.4, 0.5) is 0 Å². The molecule has 0 spiro atoms. The minimum absolute atomic E-state index is 0.0549. The number of rotatable bonds is 12. The second-order valence-electron chi connectivity index (χ2n) is 8.07. The van der Waals surface area contributed by atoms with Crippen LogP contribution >= 0.6 is 0 Å². The van der Waals surface area contributed by atoms with Gasteiger partial charge in [0.05, 0.1) is 12.5 Å². The van der Waals surface area contributed by atoms with Gasteiger partial charge in [0, 0.05) is 5.41 Å². The summed E-state index contributed by atoms with van der Waals surface area (Å²) in [5, 5.41) is 0. The minimum Gasteiger partial charge on any atom is -0.498 e. The highest BCUT2D eigenvalue weighted by Crippen LogP contribution is 2.45. The highest BCUT2D eigenvalue weighted by Gasteiger charge is 2.35. The van der Waals surface area contributed by atoms with Crippen LogP contribution < -0.4 is 9.47 Å². The molecule has 0 atom stereocenters. The van der Waals surface area contributed by atoms with E-state index in [1.54, 1.807) is 12.5 Å². The molecule has 1 aliphatic carbocycles. The molecule has 32 heavy (non-hydrogen) atoms. The van der Waals surface area contributed by atoms with Crippen LogP contribution in [0, 0.1) is 0 Å². The Balaban J connectivity index is 1.67. The topological polar surface area (TPSA) is 36.9 Å². The van der Waals surface area contributed by atoms with Crippen LogP contribution in [-0.2, 0) is 14.9 Å². The van der Waals surface area contributed by atoms with E-state index in [0.717, 1.165) is 11.5 Å². The molecule has 4 nitrogen and oxygen atoms in total. The molecular formula is C28H36O4. The van der Waals surface area contributed by atoms with E-state index in [0.29, 0.717) is 26.4 Å². The van der Waals surface area contributed by atoms with Gasteiger partial charge in [-0.3, -0.25) is 0 Å². The second kappa shape index (κ2) is 12.8. The van der Waals surface area contributed by atoms with E-state index in [-0.39, 0.29) is 5.41 Å². The number of ether oxygens (including phenoxy) is 4. The summed E-state index contributed by atoms with van der Waals surface area (Å²) < 4.78 is 22.3. The molecule has 0 aromatic heterocycles. The highest BCUT2D eigenvalue weighted by molar-refractivity contribution is 5.43. The summed E-state index contributed by atoms with van der Waals surface area (Å²) in [5.74, 6) is 1.76. The molecule has 0 N–H and O–H groups in total. The molecule has 0 unspecified atom stereocenters. The molecule has 1 saturated carbocycles. The first-order valence-electron chi connectivity index (χ1n) is 11.7. The van der Waals surface area contributed by atoms with Crippen molar-refractivity contribution in [2.75, 3.05) is 26.4 Å². The van der Waals surface area contributed by atoms with E-state index < -0.39 is 0 Å². The fourth-order valence-electron chi connectivity index (χ4n) is 4.38. The first kappa shape index (κ1) is 23.8. The number of allylic oxidation sites excluding steroid dienone is 2. The lowest BCUT2D eigenvalue weighted by atomic mass is 9.65. The van der Waals surface area contributed by atoms with Crippen LogP contribution in [0.5, 0.6) is 11.5 Å². The molecule has 2 aromatic carbocycles. The average Bonchev–Trinajstić information content (AvgIpc) is 2.85. The predicted octanol–water partition coefficient (Wildman–Crippen LogP) is 6.79. The molecular weight excluding hydrogens is 400 g/mol. The molecule has 0 radical (unpaired) electrons. The average molecular weight is 437 g/mol. The maximum absolute atomic E-state index is 5.82. The van der Waals surface area contributed by atoms with Crippen molar-refractivity contribution in [3.63, 3.8) is 0 Å². The highest BCUT2D eigenvalue weighted by atomic mass is 16.5. The van der Waals surface area contributed by atoms with Gasteiger partial charge < -0.3 is 18.9 Å². The Bertz CT molecular complexity index is 765. The van der Waals surface area contributed by atoms with Crippen molar-refractivity contribution in [2.24, 2.45) is 0 Å².